The number of aryl methyl sites for hydroxylation is 1. The Labute approximate surface area is 171 Å². The van der Waals surface area contributed by atoms with E-state index in [0.29, 0.717) is 16.8 Å². The molecule has 156 valence electrons. The zero-order valence-corrected chi connectivity index (χ0v) is 16.5. The first kappa shape index (κ1) is 20.6. The van der Waals surface area contributed by atoms with Crippen LogP contribution in [0.15, 0.2) is 41.2 Å². The predicted molar refractivity (Wildman–Crippen MR) is 111 cm³/mol. The Balaban J connectivity index is 1.86. The Morgan fingerprint density at radius 1 is 1.00 bits per heavy atom. The number of rotatable bonds is 5. The van der Waals surface area contributed by atoms with Crippen LogP contribution in [-0.2, 0) is 11.8 Å². The fraction of sp³-hybridized carbons (Fsp3) is 0.143. The summed E-state index contributed by atoms with van der Waals surface area (Å²) in [6, 6.07) is 7.61. The van der Waals surface area contributed by atoms with E-state index in [9.17, 15) is 24.9 Å². The quantitative estimate of drug-likeness (QED) is 0.473. The van der Waals surface area contributed by atoms with Gasteiger partial charge in [0.15, 0.2) is 17.2 Å². The second kappa shape index (κ2) is 8.08. The van der Waals surface area contributed by atoms with Crippen molar-refractivity contribution in [2.75, 3.05) is 19.5 Å². The molecule has 9 nitrogen and oxygen atoms in total. The Morgan fingerprint density at radius 3 is 2.23 bits per heavy atom. The van der Waals surface area contributed by atoms with Gasteiger partial charge in [-0.3, -0.25) is 9.59 Å². The highest BCUT2D eigenvalue weighted by atomic mass is 16.5. The molecule has 3 aromatic rings. The first-order valence-corrected chi connectivity index (χ1v) is 8.75. The maximum absolute atomic E-state index is 12.3. The number of hydrogen-bond acceptors (Lipinski definition) is 7. The smallest absolute Gasteiger partial charge is 0.296 e. The van der Waals surface area contributed by atoms with Crippen molar-refractivity contribution in [2.45, 2.75) is 0 Å². The molecule has 30 heavy (non-hydrogen) atoms. The lowest BCUT2D eigenvalue weighted by atomic mass is 10.1. The third kappa shape index (κ3) is 3.72. The largest absolute Gasteiger partial charge is 0.504 e. The van der Waals surface area contributed by atoms with Crippen molar-refractivity contribution in [1.29, 1.82) is 0 Å². The topological polar surface area (TPSA) is 130 Å². The minimum Gasteiger partial charge on any atom is -0.504 e. The molecule has 0 saturated heterocycles. The van der Waals surface area contributed by atoms with Crippen LogP contribution in [0.3, 0.4) is 0 Å². The van der Waals surface area contributed by atoms with Gasteiger partial charge in [-0.05, 0) is 42.0 Å². The molecule has 1 amide bonds. The molecule has 0 bridgehead atoms. The molecule has 0 atom stereocenters. The van der Waals surface area contributed by atoms with Crippen LogP contribution in [-0.4, -0.2) is 40.0 Å². The van der Waals surface area contributed by atoms with Gasteiger partial charge >= 0.3 is 0 Å². The Hall–Kier alpha value is -4.14. The number of anilines is 1. The van der Waals surface area contributed by atoms with E-state index >= 15 is 0 Å². The van der Waals surface area contributed by atoms with Crippen LogP contribution in [0.4, 0.5) is 5.69 Å². The second-order valence-electron chi connectivity index (χ2n) is 6.39. The first-order valence-electron chi connectivity index (χ1n) is 8.75. The van der Waals surface area contributed by atoms with Crippen molar-refractivity contribution in [3.05, 3.63) is 52.3 Å². The van der Waals surface area contributed by atoms with Gasteiger partial charge < -0.3 is 34.7 Å². The molecular weight excluding hydrogens is 392 g/mol. The lowest BCUT2D eigenvalue weighted by molar-refractivity contribution is -0.111. The standard InChI is InChI=1S/C21H20N2O7/c1-23-14-10-12(5-6-13(14)18(25)20(27)21(23)28)22-17(24)7-4-11-8-15(29-2)19(26)16(9-11)30-3/h4-10,25-27H,1-3H3,(H,22,24)/b7-4+. The van der Waals surface area contributed by atoms with Gasteiger partial charge in [0.1, 0.15) is 0 Å². The van der Waals surface area contributed by atoms with Gasteiger partial charge in [-0.25, -0.2) is 0 Å². The number of aromatic hydroxyl groups is 3. The summed E-state index contributed by atoms with van der Waals surface area (Å²) < 4.78 is 11.3. The van der Waals surface area contributed by atoms with Crippen LogP contribution in [0.2, 0.25) is 0 Å². The number of aromatic nitrogens is 1. The molecule has 1 heterocycles. The number of carbonyl (C=O) groups is 1. The Morgan fingerprint density at radius 2 is 1.63 bits per heavy atom. The number of amides is 1. The number of pyridine rings is 1. The van der Waals surface area contributed by atoms with Gasteiger partial charge in [-0.15, -0.1) is 0 Å². The number of carbonyl (C=O) groups excluding carboxylic acids is 1. The summed E-state index contributed by atoms with van der Waals surface area (Å²) >= 11 is 0. The van der Waals surface area contributed by atoms with Crippen LogP contribution >= 0.6 is 0 Å². The zero-order chi connectivity index (χ0) is 22.0. The number of benzene rings is 2. The highest BCUT2D eigenvalue weighted by Crippen LogP contribution is 2.37. The molecule has 0 fully saturated rings. The molecule has 2 aromatic carbocycles. The Kier molecular flexibility index (Phi) is 5.54. The van der Waals surface area contributed by atoms with Gasteiger partial charge in [0.05, 0.1) is 19.7 Å². The fourth-order valence-electron chi connectivity index (χ4n) is 2.95. The first-order chi connectivity index (χ1) is 14.3. The van der Waals surface area contributed by atoms with Gasteiger partial charge in [0, 0.05) is 24.2 Å². The summed E-state index contributed by atoms with van der Waals surface area (Å²) in [6.45, 7) is 0. The van der Waals surface area contributed by atoms with Gasteiger partial charge in [-0.1, -0.05) is 0 Å². The second-order valence-corrected chi connectivity index (χ2v) is 6.39. The summed E-state index contributed by atoms with van der Waals surface area (Å²) in [5.41, 5.74) is 0.541. The van der Waals surface area contributed by atoms with Gasteiger partial charge in [0.25, 0.3) is 5.56 Å². The predicted octanol–water partition coefficient (Wildman–Crippen LogP) is 2.32. The minimum atomic E-state index is -0.751. The molecule has 0 aliphatic heterocycles. The average Bonchev–Trinajstić information content (AvgIpc) is 2.75. The molecular formula is C21H20N2O7. The molecule has 0 aliphatic rings. The van der Waals surface area contributed by atoms with Crippen molar-refractivity contribution < 1.29 is 29.6 Å². The number of fused-ring (bicyclic) bond motifs is 1. The summed E-state index contributed by atoms with van der Waals surface area (Å²) in [5, 5.41) is 32.5. The normalized spacial score (nSPS) is 11.0. The van der Waals surface area contributed by atoms with E-state index in [-0.39, 0.29) is 22.6 Å². The minimum absolute atomic E-state index is 0.141. The monoisotopic (exact) mass is 412 g/mol. The third-order valence-electron chi connectivity index (χ3n) is 4.54. The summed E-state index contributed by atoms with van der Waals surface area (Å²) in [7, 11) is 4.25. The molecule has 9 heteroatoms. The van der Waals surface area contributed by atoms with E-state index in [1.807, 2.05) is 0 Å². The van der Waals surface area contributed by atoms with Crippen molar-refractivity contribution in [3.63, 3.8) is 0 Å². The lowest BCUT2D eigenvalue weighted by Crippen LogP contribution is -2.17. The molecule has 0 unspecified atom stereocenters. The van der Waals surface area contributed by atoms with Crippen molar-refractivity contribution in [2.24, 2.45) is 7.05 Å². The summed E-state index contributed by atoms with van der Waals surface area (Å²) in [5.74, 6) is -1.43. The van der Waals surface area contributed by atoms with E-state index in [1.165, 1.54) is 56.2 Å². The number of phenolic OH excluding ortho intramolecular Hbond substituents is 1. The third-order valence-corrected chi connectivity index (χ3v) is 4.54. The van der Waals surface area contributed by atoms with E-state index in [2.05, 4.69) is 5.32 Å². The van der Waals surface area contributed by atoms with Crippen molar-refractivity contribution >= 4 is 28.6 Å². The maximum atomic E-state index is 12.3. The van der Waals surface area contributed by atoms with Crippen LogP contribution in [0, 0.1) is 0 Å². The van der Waals surface area contributed by atoms with Crippen molar-refractivity contribution in [3.8, 4) is 28.7 Å². The number of nitrogens with zero attached hydrogens (tertiary/aromatic N) is 1. The van der Waals surface area contributed by atoms with Crippen molar-refractivity contribution in [1.82, 2.24) is 4.57 Å². The van der Waals surface area contributed by atoms with E-state index in [4.69, 9.17) is 9.47 Å². The molecule has 1 aromatic heterocycles. The number of nitrogens with one attached hydrogen (secondary N) is 1. The number of ether oxygens (including phenoxy) is 2. The molecule has 0 radical (unpaired) electrons. The average molecular weight is 412 g/mol. The highest BCUT2D eigenvalue weighted by Gasteiger charge is 2.14. The molecule has 0 aliphatic carbocycles. The number of methoxy groups -OCH3 is 2. The van der Waals surface area contributed by atoms with E-state index in [1.54, 1.807) is 12.1 Å². The summed E-state index contributed by atoms with van der Waals surface area (Å²) in [6.07, 6.45) is 2.79. The lowest BCUT2D eigenvalue weighted by Gasteiger charge is -2.11. The van der Waals surface area contributed by atoms with E-state index in [0.717, 1.165) is 0 Å². The highest BCUT2D eigenvalue weighted by molar-refractivity contribution is 6.03. The Bertz CT molecular complexity index is 1200. The molecule has 4 N–H and O–H groups in total. The van der Waals surface area contributed by atoms with Crippen LogP contribution in [0.25, 0.3) is 17.0 Å². The molecule has 0 spiro atoms. The molecule has 0 saturated carbocycles. The SMILES string of the molecule is COc1cc(/C=C/C(=O)Nc2ccc3c(O)c(O)c(=O)n(C)c3c2)cc(OC)c1O. The van der Waals surface area contributed by atoms with Crippen LogP contribution < -0.4 is 20.3 Å². The number of hydrogen-bond donors (Lipinski definition) is 4. The molecule has 3 rings (SSSR count). The maximum Gasteiger partial charge on any atom is 0.296 e. The zero-order valence-electron chi connectivity index (χ0n) is 16.5. The van der Waals surface area contributed by atoms with Crippen LogP contribution in [0.5, 0.6) is 28.7 Å². The van der Waals surface area contributed by atoms with Gasteiger partial charge in [-0.2, -0.15) is 0 Å². The fourth-order valence-corrected chi connectivity index (χ4v) is 2.95. The van der Waals surface area contributed by atoms with Gasteiger partial charge in [0.2, 0.25) is 17.4 Å². The van der Waals surface area contributed by atoms with Crippen LogP contribution in [0.1, 0.15) is 5.56 Å². The summed E-state index contributed by atoms with van der Waals surface area (Å²) in [4.78, 5) is 24.2. The number of phenols is 1. The van der Waals surface area contributed by atoms with E-state index < -0.39 is 23.0 Å².